The van der Waals surface area contributed by atoms with Gasteiger partial charge >= 0.3 is 0 Å². The molecule has 0 saturated heterocycles. The SMILES string of the molecule is CC1CC(C)CC(C(NN)c2ccoc2Cl)C1. The Morgan fingerprint density at radius 1 is 1.35 bits per heavy atom. The lowest BCUT2D eigenvalue weighted by Gasteiger charge is -2.36. The summed E-state index contributed by atoms with van der Waals surface area (Å²) < 4.78 is 5.16. The zero-order chi connectivity index (χ0) is 12.4. The first-order valence-electron chi connectivity index (χ1n) is 6.30. The van der Waals surface area contributed by atoms with Crippen LogP contribution in [0.5, 0.6) is 0 Å². The van der Waals surface area contributed by atoms with E-state index < -0.39 is 0 Å². The van der Waals surface area contributed by atoms with Crippen molar-refractivity contribution in [3.8, 4) is 0 Å². The van der Waals surface area contributed by atoms with Crippen molar-refractivity contribution in [1.29, 1.82) is 0 Å². The number of hydrazine groups is 1. The summed E-state index contributed by atoms with van der Waals surface area (Å²) >= 11 is 6.04. The van der Waals surface area contributed by atoms with Gasteiger partial charge in [0.1, 0.15) is 0 Å². The number of halogens is 1. The van der Waals surface area contributed by atoms with Gasteiger partial charge in [0.2, 0.25) is 0 Å². The molecule has 3 N–H and O–H groups in total. The predicted molar refractivity (Wildman–Crippen MR) is 69.5 cm³/mol. The molecule has 17 heavy (non-hydrogen) atoms. The van der Waals surface area contributed by atoms with Crippen LogP contribution in [0.4, 0.5) is 0 Å². The van der Waals surface area contributed by atoms with Crippen molar-refractivity contribution < 1.29 is 4.42 Å². The van der Waals surface area contributed by atoms with Gasteiger partial charge < -0.3 is 4.42 Å². The molecule has 96 valence electrons. The molecule has 0 aromatic carbocycles. The normalized spacial score (nSPS) is 31.4. The van der Waals surface area contributed by atoms with Crippen LogP contribution in [0.15, 0.2) is 16.7 Å². The summed E-state index contributed by atoms with van der Waals surface area (Å²) in [7, 11) is 0. The van der Waals surface area contributed by atoms with E-state index in [1.165, 1.54) is 19.3 Å². The molecular weight excluding hydrogens is 236 g/mol. The number of furan rings is 1. The number of nitrogens with two attached hydrogens (primary N) is 1. The van der Waals surface area contributed by atoms with Crippen molar-refractivity contribution in [2.75, 3.05) is 0 Å². The zero-order valence-corrected chi connectivity index (χ0v) is 11.2. The van der Waals surface area contributed by atoms with Crippen molar-refractivity contribution in [3.05, 3.63) is 23.1 Å². The summed E-state index contributed by atoms with van der Waals surface area (Å²) in [6.45, 7) is 4.63. The Hall–Kier alpha value is -0.510. The van der Waals surface area contributed by atoms with Gasteiger partial charge in [-0.2, -0.15) is 0 Å². The average Bonchev–Trinajstić information content (AvgIpc) is 2.65. The van der Waals surface area contributed by atoms with Gasteiger partial charge in [0.25, 0.3) is 0 Å². The molecule has 0 spiro atoms. The monoisotopic (exact) mass is 256 g/mol. The summed E-state index contributed by atoms with van der Waals surface area (Å²) in [5.41, 5.74) is 3.90. The Kier molecular flexibility index (Phi) is 4.13. The van der Waals surface area contributed by atoms with E-state index in [1.54, 1.807) is 6.26 Å². The van der Waals surface area contributed by atoms with Crippen molar-refractivity contribution in [2.24, 2.45) is 23.6 Å². The number of nitrogens with one attached hydrogen (secondary N) is 1. The lowest BCUT2D eigenvalue weighted by atomic mass is 9.73. The smallest absolute Gasteiger partial charge is 0.197 e. The fourth-order valence-corrected chi connectivity index (χ4v) is 3.52. The lowest BCUT2D eigenvalue weighted by Crippen LogP contribution is -2.36. The molecule has 0 aliphatic heterocycles. The van der Waals surface area contributed by atoms with Crippen LogP contribution in [-0.2, 0) is 0 Å². The van der Waals surface area contributed by atoms with Crippen molar-refractivity contribution in [3.63, 3.8) is 0 Å². The molecule has 1 aromatic rings. The topological polar surface area (TPSA) is 51.2 Å². The average molecular weight is 257 g/mol. The molecule has 0 radical (unpaired) electrons. The Bertz CT molecular complexity index is 356. The predicted octanol–water partition coefficient (Wildman–Crippen LogP) is 3.51. The molecule has 3 unspecified atom stereocenters. The first-order valence-corrected chi connectivity index (χ1v) is 6.68. The van der Waals surface area contributed by atoms with E-state index in [1.807, 2.05) is 6.07 Å². The van der Waals surface area contributed by atoms with Crippen molar-refractivity contribution >= 4 is 11.6 Å². The van der Waals surface area contributed by atoms with E-state index in [-0.39, 0.29) is 6.04 Å². The molecule has 0 bridgehead atoms. The van der Waals surface area contributed by atoms with Crippen LogP contribution in [0.3, 0.4) is 0 Å². The summed E-state index contributed by atoms with van der Waals surface area (Å²) in [6, 6.07) is 2.02. The highest BCUT2D eigenvalue weighted by atomic mass is 35.5. The maximum absolute atomic E-state index is 6.04. The molecule has 1 aliphatic carbocycles. The Morgan fingerprint density at radius 2 is 2.00 bits per heavy atom. The van der Waals surface area contributed by atoms with Gasteiger partial charge in [-0.25, -0.2) is 0 Å². The fourth-order valence-electron chi connectivity index (χ4n) is 3.29. The molecule has 1 aliphatic rings. The van der Waals surface area contributed by atoms with Gasteiger partial charge in [-0.05, 0) is 54.7 Å². The van der Waals surface area contributed by atoms with E-state index in [0.717, 1.165) is 17.4 Å². The maximum atomic E-state index is 6.04. The molecule has 2 rings (SSSR count). The van der Waals surface area contributed by atoms with Crippen LogP contribution in [0.1, 0.15) is 44.7 Å². The lowest BCUT2D eigenvalue weighted by molar-refractivity contribution is 0.176. The minimum Gasteiger partial charge on any atom is -0.453 e. The van der Waals surface area contributed by atoms with Crippen LogP contribution in [0, 0.1) is 17.8 Å². The molecular formula is C13H21ClN2O. The number of hydrogen-bond donors (Lipinski definition) is 2. The summed E-state index contributed by atoms with van der Waals surface area (Å²) in [5, 5.41) is 0.457. The fraction of sp³-hybridized carbons (Fsp3) is 0.692. The molecule has 0 amide bonds. The first-order chi connectivity index (χ1) is 8.11. The summed E-state index contributed by atoms with van der Waals surface area (Å²) in [4.78, 5) is 0. The number of hydrogen-bond acceptors (Lipinski definition) is 3. The molecule has 3 atom stereocenters. The van der Waals surface area contributed by atoms with Gasteiger partial charge in [0.05, 0.1) is 12.3 Å². The van der Waals surface area contributed by atoms with E-state index >= 15 is 0 Å². The van der Waals surface area contributed by atoms with E-state index in [2.05, 4.69) is 19.3 Å². The highest BCUT2D eigenvalue weighted by molar-refractivity contribution is 6.29. The molecule has 1 fully saturated rings. The van der Waals surface area contributed by atoms with Crippen LogP contribution in [0.2, 0.25) is 5.22 Å². The van der Waals surface area contributed by atoms with Gasteiger partial charge in [0, 0.05) is 5.56 Å². The quantitative estimate of drug-likeness (QED) is 0.643. The molecule has 3 nitrogen and oxygen atoms in total. The van der Waals surface area contributed by atoms with E-state index in [9.17, 15) is 0 Å². The van der Waals surface area contributed by atoms with Crippen molar-refractivity contribution in [1.82, 2.24) is 5.43 Å². The second-order valence-corrected chi connectivity index (χ2v) is 5.81. The molecule has 4 heteroatoms. The third-order valence-corrected chi connectivity index (χ3v) is 4.15. The second kappa shape index (κ2) is 5.42. The Balaban J connectivity index is 2.15. The van der Waals surface area contributed by atoms with Crippen LogP contribution < -0.4 is 11.3 Å². The van der Waals surface area contributed by atoms with Crippen LogP contribution >= 0.6 is 11.6 Å². The minimum absolute atomic E-state index is 0.103. The van der Waals surface area contributed by atoms with Gasteiger partial charge in [0.15, 0.2) is 5.22 Å². The third-order valence-electron chi connectivity index (χ3n) is 3.85. The van der Waals surface area contributed by atoms with Crippen LogP contribution in [-0.4, -0.2) is 0 Å². The van der Waals surface area contributed by atoms with Gasteiger partial charge in [-0.3, -0.25) is 11.3 Å². The minimum atomic E-state index is 0.103. The van der Waals surface area contributed by atoms with Crippen LogP contribution in [0.25, 0.3) is 0 Å². The Labute approximate surface area is 108 Å². The zero-order valence-electron chi connectivity index (χ0n) is 10.4. The largest absolute Gasteiger partial charge is 0.453 e. The third kappa shape index (κ3) is 2.84. The number of rotatable bonds is 3. The highest BCUT2D eigenvalue weighted by Crippen LogP contribution is 2.41. The Morgan fingerprint density at radius 3 is 2.47 bits per heavy atom. The summed E-state index contributed by atoms with van der Waals surface area (Å²) in [6.07, 6.45) is 5.33. The summed E-state index contributed by atoms with van der Waals surface area (Å²) in [5.74, 6) is 7.75. The first kappa shape index (κ1) is 12.9. The van der Waals surface area contributed by atoms with E-state index in [0.29, 0.717) is 11.1 Å². The maximum Gasteiger partial charge on any atom is 0.197 e. The van der Waals surface area contributed by atoms with E-state index in [4.69, 9.17) is 21.9 Å². The van der Waals surface area contributed by atoms with Gasteiger partial charge in [-0.1, -0.05) is 13.8 Å². The molecule has 1 heterocycles. The van der Waals surface area contributed by atoms with Gasteiger partial charge in [-0.15, -0.1) is 0 Å². The molecule has 1 aromatic heterocycles. The molecule has 1 saturated carbocycles. The standard InChI is InChI=1S/C13H21ClN2O/c1-8-5-9(2)7-10(6-8)12(16-15)11-3-4-17-13(11)14/h3-4,8-10,12,16H,5-7,15H2,1-2H3. The highest BCUT2D eigenvalue weighted by Gasteiger charge is 2.32. The van der Waals surface area contributed by atoms with Crippen molar-refractivity contribution in [2.45, 2.75) is 39.2 Å². The second-order valence-electron chi connectivity index (χ2n) is 5.47.